The fourth-order valence-electron chi connectivity index (χ4n) is 2.67. The molecule has 1 aliphatic rings. The maximum Gasteiger partial charge on any atom is 0.416 e. The highest BCUT2D eigenvalue weighted by molar-refractivity contribution is 5.89. The number of carbonyl (C=O) groups excluding carboxylic acids is 1. The number of benzene rings is 1. The Labute approximate surface area is 127 Å². The summed E-state index contributed by atoms with van der Waals surface area (Å²) in [5.74, 6) is 0.400. The first-order chi connectivity index (χ1) is 10.4. The van der Waals surface area contributed by atoms with Crippen LogP contribution in [-0.2, 0) is 6.18 Å². The topological polar surface area (TPSA) is 58.4 Å². The molecule has 0 bridgehead atoms. The van der Waals surface area contributed by atoms with Crippen LogP contribution in [0.1, 0.15) is 24.8 Å². The zero-order valence-electron chi connectivity index (χ0n) is 12.2. The molecule has 1 fully saturated rings. The summed E-state index contributed by atoms with van der Waals surface area (Å²) >= 11 is 0. The predicted molar refractivity (Wildman–Crippen MR) is 78.4 cm³/mol. The highest BCUT2D eigenvalue weighted by atomic mass is 19.4. The molecule has 0 aliphatic carbocycles. The number of amides is 2. The van der Waals surface area contributed by atoms with Gasteiger partial charge >= 0.3 is 12.2 Å². The molecule has 0 aromatic heterocycles. The number of nitrogens with two attached hydrogens (primary N) is 1. The second-order valence-corrected chi connectivity index (χ2v) is 5.54. The number of likely N-dealkylation sites (tertiary alicyclic amines) is 1. The van der Waals surface area contributed by atoms with Gasteiger partial charge in [-0.05, 0) is 56.0 Å². The third-order valence-electron chi connectivity index (χ3n) is 3.84. The van der Waals surface area contributed by atoms with Gasteiger partial charge in [-0.15, -0.1) is 0 Å². The number of nitrogens with zero attached hydrogens (tertiary/aromatic N) is 1. The minimum absolute atomic E-state index is 0.276. The van der Waals surface area contributed by atoms with E-state index in [1.807, 2.05) is 0 Å². The first-order valence-corrected chi connectivity index (χ1v) is 7.33. The van der Waals surface area contributed by atoms with Crippen molar-refractivity contribution in [1.82, 2.24) is 4.90 Å². The van der Waals surface area contributed by atoms with Crippen molar-refractivity contribution in [2.24, 2.45) is 11.7 Å². The van der Waals surface area contributed by atoms with E-state index in [4.69, 9.17) is 5.73 Å². The molecule has 0 saturated carbocycles. The van der Waals surface area contributed by atoms with Crippen molar-refractivity contribution in [3.8, 4) is 0 Å². The van der Waals surface area contributed by atoms with E-state index in [0.29, 0.717) is 31.2 Å². The lowest BCUT2D eigenvalue weighted by atomic mass is 9.95. The number of alkyl halides is 3. The molecule has 1 heterocycles. The average Bonchev–Trinajstić information content (AvgIpc) is 2.47. The van der Waals surface area contributed by atoms with Crippen LogP contribution in [-0.4, -0.2) is 30.6 Å². The van der Waals surface area contributed by atoms with Crippen LogP contribution in [0.4, 0.5) is 23.7 Å². The van der Waals surface area contributed by atoms with Gasteiger partial charge in [0, 0.05) is 18.8 Å². The molecule has 3 N–H and O–H groups in total. The minimum atomic E-state index is -4.37. The Morgan fingerprint density at radius 2 is 2.00 bits per heavy atom. The number of halogens is 3. The molecule has 1 aliphatic heterocycles. The van der Waals surface area contributed by atoms with Crippen LogP contribution in [0.15, 0.2) is 24.3 Å². The Morgan fingerprint density at radius 3 is 2.59 bits per heavy atom. The maximum atomic E-state index is 12.5. The van der Waals surface area contributed by atoms with Gasteiger partial charge in [-0.1, -0.05) is 0 Å². The molecule has 2 rings (SSSR count). The number of anilines is 1. The molecule has 22 heavy (non-hydrogen) atoms. The summed E-state index contributed by atoms with van der Waals surface area (Å²) in [7, 11) is 0. The van der Waals surface area contributed by atoms with Crippen molar-refractivity contribution in [2.45, 2.75) is 25.4 Å². The molecule has 4 nitrogen and oxygen atoms in total. The Kier molecular flexibility index (Phi) is 5.28. The van der Waals surface area contributed by atoms with Gasteiger partial charge < -0.3 is 16.0 Å². The molecule has 1 saturated heterocycles. The van der Waals surface area contributed by atoms with Gasteiger partial charge in [-0.3, -0.25) is 0 Å². The van der Waals surface area contributed by atoms with Gasteiger partial charge in [-0.2, -0.15) is 13.2 Å². The first kappa shape index (κ1) is 16.6. The quantitative estimate of drug-likeness (QED) is 0.899. The van der Waals surface area contributed by atoms with Crippen molar-refractivity contribution >= 4 is 11.7 Å². The van der Waals surface area contributed by atoms with Gasteiger partial charge in [0.1, 0.15) is 0 Å². The highest BCUT2D eigenvalue weighted by Gasteiger charge is 2.30. The number of hydrogen-bond acceptors (Lipinski definition) is 2. The SMILES string of the molecule is NCCC1CCCN(C(=O)Nc2ccc(C(F)(F)F)cc2)C1. The lowest BCUT2D eigenvalue weighted by molar-refractivity contribution is -0.137. The number of nitrogens with one attached hydrogen (secondary N) is 1. The molecule has 0 radical (unpaired) electrons. The molecule has 7 heteroatoms. The summed E-state index contributed by atoms with van der Waals surface area (Å²) in [4.78, 5) is 13.9. The van der Waals surface area contributed by atoms with Crippen molar-refractivity contribution in [2.75, 3.05) is 25.0 Å². The third kappa shape index (κ3) is 4.37. The lowest BCUT2D eigenvalue weighted by Crippen LogP contribution is -2.42. The molecular formula is C15H20F3N3O. The smallest absolute Gasteiger partial charge is 0.330 e. The fraction of sp³-hybridized carbons (Fsp3) is 0.533. The molecule has 122 valence electrons. The molecule has 1 atom stereocenters. The number of hydrogen-bond donors (Lipinski definition) is 2. The molecule has 2 amide bonds. The summed E-state index contributed by atoms with van der Waals surface area (Å²) in [5.41, 5.74) is 5.17. The van der Waals surface area contributed by atoms with Crippen LogP contribution in [0, 0.1) is 5.92 Å². The zero-order valence-corrected chi connectivity index (χ0v) is 12.2. The van der Waals surface area contributed by atoms with Crippen LogP contribution in [0.2, 0.25) is 0 Å². The summed E-state index contributed by atoms with van der Waals surface area (Å²) in [6.45, 7) is 1.90. The zero-order chi connectivity index (χ0) is 16.2. The summed E-state index contributed by atoms with van der Waals surface area (Å²) in [5, 5.41) is 2.64. The van der Waals surface area contributed by atoms with E-state index in [1.165, 1.54) is 12.1 Å². The predicted octanol–water partition coefficient (Wildman–Crippen LogP) is 3.30. The molecule has 1 unspecified atom stereocenters. The van der Waals surface area contributed by atoms with Crippen LogP contribution in [0.25, 0.3) is 0 Å². The van der Waals surface area contributed by atoms with Crippen molar-refractivity contribution in [3.63, 3.8) is 0 Å². The van der Waals surface area contributed by atoms with Crippen LogP contribution >= 0.6 is 0 Å². The standard InChI is InChI=1S/C15H20F3N3O/c16-15(17,18)12-3-5-13(6-4-12)20-14(22)21-9-1-2-11(10-21)7-8-19/h3-6,11H,1-2,7-10,19H2,(H,20,22). The van der Waals surface area contributed by atoms with E-state index >= 15 is 0 Å². The van der Waals surface area contributed by atoms with Gasteiger partial charge in [0.15, 0.2) is 0 Å². The Hall–Kier alpha value is -1.76. The number of piperidine rings is 1. The van der Waals surface area contributed by atoms with Crippen molar-refractivity contribution in [3.05, 3.63) is 29.8 Å². The van der Waals surface area contributed by atoms with Crippen LogP contribution < -0.4 is 11.1 Å². The van der Waals surface area contributed by atoms with E-state index < -0.39 is 11.7 Å². The first-order valence-electron chi connectivity index (χ1n) is 7.33. The second kappa shape index (κ2) is 7.00. The third-order valence-corrected chi connectivity index (χ3v) is 3.84. The van der Waals surface area contributed by atoms with Crippen molar-refractivity contribution < 1.29 is 18.0 Å². The highest BCUT2D eigenvalue weighted by Crippen LogP contribution is 2.30. The second-order valence-electron chi connectivity index (χ2n) is 5.54. The molecule has 0 spiro atoms. The van der Waals surface area contributed by atoms with E-state index in [9.17, 15) is 18.0 Å². The molecular weight excluding hydrogens is 295 g/mol. The fourth-order valence-corrected chi connectivity index (χ4v) is 2.67. The van der Waals surface area contributed by atoms with Crippen LogP contribution in [0.5, 0.6) is 0 Å². The van der Waals surface area contributed by atoms with Crippen LogP contribution in [0.3, 0.4) is 0 Å². The summed E-state index contributed by atoms with van der Waals surface area (Å²) in [6, 6.07) is 4.18. The van der Waals surface area contributed by atoms with E-state index in [2.05, 4.69) is 5.32 Å². The largest absolute Gasteiger partial charge is 0.416 e. The number of carbonyl (C=O) groups is 1. The van der Waals surface area contributed by atoms with E-state index in [0.717, 1.165) is 31.4 Å². The van der Waals surface area contributed by atoms with Gasteiger partial charge in [-0.25, -0.2) is 4.79 Å². The Balaban J connectivity index is 1.94. The molecule has 1 aromatic carbocycles. The van der Waals surface area contributed by atoms with Gasteiger partial charge in [0.2, 0.25) is 0 Å². The summed E-state index contributed by atoms with van der Waals surface area (Å²) < 4.78 is 37.4. The number of rotatable bonds is 3. The lowest BCUT2D eigenvalue weighted by Gasteiger charge is -2.32. The average molecular weight is 315 g/mol. The monoisotopic (exact) mass is 315 g/mol. The number of urea groups is 1. The molecule has 1 aromatic rings. The normalized spacial score (nSPS) is 19.1. The van der Waals surface area contributed by atoms with E-state index in [-0.39, 0.29) is 6.03 Å². The maximum absolute atomic E-state index is 12.5. The van der Waals surface area contributed by atoms with E-state index in [1.54, 1.807) is 4.90 Å². The Morgan fingerprint density at radius 1 is 1.32 bits per heavy atom. The van der Waals surface area contributed by atoms with Gasteiger partial charge in [0.05, 0.1) is 5.56 Å². The minimum Gasteiger partial charge on any atom is -0.330 e. The van der Waals surface area contributed by atoms with Gasteiger partial charge in [0.25, 0.3) is 0 Å². The van der Waals surface area contributed by atoms with Crippen molar-refractivity contribution in [1.29, 1.82) is 0 Å². The summed E-state index contributed by atoms with van der Waals surface area (Å²) in [6.07, 6.45) is -1.51. The Bertz CT molecular complexity index is 500.